The zero-order chi connectivity index (χ0) is 21.3. The maximum absolute atomic E-state index is 13.9. The summed E-state index contributed by atoms with van der Waals surface area (Å²) in [7, 11) is -2.28. The predicted molar refractivity (Wildman–Crippen MR) is 119 cm³/mol. The monoisotopic (exact) mass is 428 g/mol. The van der Waals surface area contributed by atoms with E-state index in [1.54, 1.807) is 24.6 Å². The van der Waals surface area contributed by atoms with E-state index in [1.165, 1.54) is 18.5 Å². The van der Waals surface area contributed by atoms with Crippen LogP contribution < -0.4 is 10.1 Å². The van der Waals surface area contributed by atoms with Gasteiger partial charge in [-0.25, -0.2) is 18.6 Å². The van der Waals surface area contributed by atoms with Crippen molar-refractivity contribution in [2.75, 3.05) is 17.8 Å². The molecule has 1 aromatic heterocycles. The quantitative estimate of drug-likeness (QED) is 0.580. The molecule has 1 fully saturated rings. The summed E-state index contributed by atoms with van der Waals surface area (Å²) < 4.78 is 36.3. The zero-order valence-electron chi connectivity index (χ0n) is 17.3. The first-order chi connectivity index (χ1) is 14.3. The van der Waals surface area contributed by atoms with E-state index in [0.29, 0.717) is 28.5 Å². The van der Waals surface area contributed by atoms with Crippen molar-refractivity contribution in [1.29, 1.82) is 0 Å². The molecule has 1 saturated carbocycles. The highest BCUT2D eigenvalue weighted by Gasteiger charge is 2.19. The summed E-state index contributed by atoms with van der Waals surface area (Å²) in [6, 6.07) is 8.13. The van der Waals surface area contributed by atoms with E-state index >= 15 is 0 Å². The third-order valence-electron chi connectivity index (χ3n) is 5.04. The molecule has 8 heteroatoms. The van der Waals surface area contributed by atoms with Crippen molar-refractivity contribution in [2.24, 2.45) is 4.36 Å². The summed E-state index contributed by atoms with van der Waals surface area (Å²) in [5.41, 5.74) is 2.86. The van der Waals surface area contributed by atoms with Crippen molar-refractivity contribution in [3.05, 3.63) is 48.0 Å². The summed E-state index contributed by atoms with van der Waals surface area (Å²) in [6.07, 6.45) is 9.00. The lowest BCUT2D eigenvalue weighted by Gasteiger charge is -2.18. The number of rotatable bonds is 5. The second-order valence-electron chi connectivity index (χ2n) is 7.94. The first-order valence-electron chi connectivity index (χ1n) is 9.94. The maximum atomic E-state index is 13.9. The molecule has 158 valence electrons. The molecule has 0 unspecified atom stereocenters. The first kappa shape index (κ1) is 20.5. The largest absolute Gasteiger partial charge is 0.488 e. The topological polar surface area (TPSA) is 76.5 Å². The number of aromatic nitrogens is 2. The van der Waals surface area contributed by atoms with Crippen LogP contribution in [-0.2, 0) is 9.73 Å². The Hall–Kier alpha value is -2.74. The van der Waals surface area contributed by atoms with Gasteiger partial charge in [-0.3, -0.25) is 0 Å². The molecule has 6 nitrogen and oxygen atoms in total. The van der Waals surface area contributed by atoms with Gasteiger partial charge >= 0.3 is 0 Å². The van der Waals surface area contributed by atoms with E-state index in [9.17, 15) is 8.60 Å². The number of benzene rings is 2. The molecule has 0 aliphatic heterocycles. The van der Waals surface area contributed by atoms with Crippen molar-refractivity contribution < 1.29 is 13.3 Å². The van der Waals surface area contributed by atoms with Crippen LogP contribution in [0.25, 0.3) is 10.9 Å². The van der Waals surface area contributed by atoms with Crippen LogP contribution in [0, 0.1) is 12.7 Å². The highest BCUT2D eigenvalue weighted by atomic mass is 32.2. The summed E-state index contributed by atoms with van der Waals surface area (Å²) in [4.78, 5) is 8.76. The van der Waals surface area contributed by atoms with Gasteiger partial charge in [0.2, 0.25) is 0 Å². The average Bonchev–Trinajstić information content (AvgIpc) is 3.15. The fraction of sp³-hybridized carbons (Fsp3) is 0.364. The molecule has 0 spiro atoms. The molecule has 0 bridgehead atoms. The third-order valence-corrected chi connectivity index (χ3v) is 5.69. The molecule has 0 saturated heterocycles. The van der Waals surface area contributed by atoms with Gasteiger partial charge < -0.3 is 10.1 Å². The van der Waals surface area contributed by atoms with Crippen LogP contribution in [0.1, 0.15) is 31.2 Å². The standard InChI is InChI=1S/C22H25FN4O2S/c1-14-10-16(27-30(2,3)28)12-19-21(14)22(25-13-24-19)26-18-9-8-15(23)11-20(18)29-17-6-4-5-7-17/h8-13,17H,4-7H2,1-3H3,(H,24,25,26). The van der Waals surface area contributed by atoms with E-state index in [2.05, 4.69) is 19.6 Å². The second kappa shape index (κ2) is 8.18. The van der Waals surface area contributed by atoms with Crippen molar-refractivity contribution in [3.8, 4) is 5.75 Å². The van der Waals surface area contributed by atoms with Crippen LogP contribution in [0.3, 0.4) is 0 Å². The molecule has 3 aromatic rings. The van der Waals surface area contributed by atoms with E-state index in [4.69, 9.17) is 4.74 Å². The number of hydrogen-bond donors (Lipinski definition) is 1. The van der Waals surface area contributed by atoms with Gasteiger partial charge in [-0.2, -0.15) is 4.36 Å². The van der Waals surface area contributed by atoms with Crippen molar-refractivity contribution in [3.63, 3.8) is 0 Å². The Bertz CT molecular complexity index is 1210. The first-order valence-corrected chi connectivity index (χ1v) is 12.3. The van der Waals surface area contributed by atoms with Crippen LogP contribution in [0.4, 0.5) is 21.6 Å². The molecule has 1 heterocycles. The molecule has 1 aliphatic carbocycles. The second-order valence-corrected chi connectivity index (χ2v) is 10.5. The minimum atomic E-state index is -2.28. The maximum Gasteiger partial charge on any atom is 0.146 e. The average molecular weight is 429 g/mol. The van der Waals surface area contributed by atoms with Gasteiger partial charge in [0.1, 0.15) is 23.7 Å². The molecular formula is C22H25FN4O2S. The number of fused-ring (bicyclic) bond motifs is 1. The zero-order valence-corrected chi connectivity index (χ0v) is 18.1. The van der Waals surface area contributed by atoms with E-state index in [-0.39, 0.29) is 11.9 Å². The van der Waals surface area contributed by atoms with Gasteiger partial charge in [-0.15, -0.1) is 0 Å². The lowest BCUT2D eigenvalue weighted by Crippen LogP contribution is -2.12. The minimum Gasteiger partial charge on any atom is -0.488 e. The number of ether oxygens (including phenoxy) is 1. The van der Waals surface area contributed by atoms with Crippen LogP contribution >= 0.6 is 0 Å². The molecule has 0 radical (unpaired) electrons. The minimum absolute atomic E-state index is 0.110. The molecule has 0 atom stereocenters. The van der Waals surface area contributed by atoms with Gasteiger partial charge in [-0.1, -0.05) is 0 Å². The SMILES string of the molecule is Cc1cc(N=S(C)(C)=O)cc2ncnc(Nc3ccc(F)cc3OC3CCCC3)c12. The van der Waals surface area contributed by atoms with Gasteiger partial charge in [0.15, 0.2) is 0 Å². The van der Waals surface area contributed by atoms with Crippen molar-refractivity contribution in [2.45, 2.75) is 38.7 Å². The molecule has 4 rings (SSSR count). The highest BCUT2D eigenvalue weighted by Crippen LogP contribution is 2.35. The number of halogens is 1. The molecule has 2 aromatic carbocycles. The lowest BCUT2D eigenvalue weighted by molar-refractivity contribution is 0.210. The van der Waals surface area contributed by atoms with Crippen molar-refractivity contribution >= 4 is 37.8 Å². The van der Waals surface area contributed by atoms with E-state index < -0.39 is 9.73 Å². The summed E-state index contributed by atoms with van der Waals surface area (Å²) in [5, 5.41) is 4.12. The Morgan fingerprint density at radius 1 is 1.17 bits per heavy atom. The Morgan fingerprint density at radius 2 is 1.93 bits per heavy atom. The van der Waals surface area contributed by atoms with Crippen LogP contribution in [0.15, 0.2) is 41.0 Å². The predicted octanol–water partition coefficient (Wildman–Crippen LogP) is 5.50. The molecular weight excluding hydrogens is 403 g/mol. The van der Waals surface area contributed by atoms with Gasteiger partial charge in [-0.05, 0) is 62.4 Å². The Labute approximate surface area is 176 Å². The van der Waals surface area contributed by atoms with Crippen LogP contribution in [0.5, 0.6) is 5.75 Å². The summed E-state index contributed by atoms with van der Waals surface area (Å²) in [6.45, 7) is 1.93. The normalized spacial score (nSPS) is 14.8. The van der Waals surface area contributed by atoms with Gasteiger partial charge in [0, 0.05) is 33.7 Å². The van der Waals surface area contributed by atoms with Crippen LogP contribution in [0.2, 0.25) is 0 Å². The third kappa shape index (κ3) is 4.70. The number of nitrogens with zero attached hydrogens (tertiary/aromatic N) is 3. The summed E-state index contributed by atoms with van der Waals surface area (Å²) in [5.74, 6) is 0.738. The Morgan fingerprint density at radius 3 is 2.67 bits per heavy atom. The Balaban J connectivity index is 1.73. The van der Waals surface area contributed by atoms with E-state index in [1.807, 2.05) is 13.0 Å². The fourth-order valence-electron chi connectivity index (χ4n) is 3.78. The fourth-order valence-corrected chi connectivity index (χ4v) is 4.40. The smallest absolute Gasteiger partial charge is 0.146 e. The number of hydrogen-bond acceptors (Lipinski definition) is 6. The van der Waals surface area contributed by atoms with Crippen molar-refractivity contribution in [1.82, 2.24) is 9.97 Å². The van der Waals surface area contributed by atoms with Crippen LogP contribution in [-0.4, -0.2) is 32.8 Å². The molecule has 1 N–H and O–H groups in total. The van der Waals surface area contributed by atoms with E-state index in [0.717, 1.165) is 36.6 Å². The number of anilines is 2. The molecule has 1 aliphatic rings. The molecule has 0 amide bonds. The highest BCUT2D eigenvalue weighted by molar-refractivity contribution is 7.92. The van der Waals surface area contributed by atoms with Gasteiger partial charge in [0.25, 0.3) is 0 Å². The van der Waals surface area contributed by atoms with Gasteiger partial charge in [0.05, 0.1) is 23.0 Å². The number of nitrogens with one attached hydrogen (secondary N) is 1. The Kier molecular flexibility index (Phi) is 5.60. The number of aryl methyl sites for hydroxylation is 1. The summed E-state index contributed by atoms with van der Waals surface area (Å²) >= 11 is 0. The lowest BCUT2D eigenvalue weighted by atomic mass is 10.1. The molecule has 30 heavy (non-hydrogen) atoms.